The maximum absolute atomic E-state index is 13.2. The second-order valence-electron chi connectivity index (χ2n) is 12.1. The van der Waals surface area contributed by atoms with E-state index in [0.717, 1.165) is 47.6 Å². The van der Waals surface area contributed by atoms with Crippen LogP contribution in [0.15, 0.2) is 0 Å². The molecule has 1 amide bonds. The first-order chi connectivity index (χ1) is 14.7. The second kappa shape index (κ2) is 7.60. The van der Waals surface area contributed by atoms with Gasteiger partial charge >= 0.3 is 5.97 Å². The van der Waals surface area contributed by atoms with Crippen LogP contribution in [0.25, 0.3) is 0 Å². The van der Waals surface area contributed by atoms with Gasteiger partial charge in [-0.1, -0.05) is 20.8 Å². The fraction of sp³-hybridized carbons (Fsp3) is 0.769. The standard InChI is InChI=1S/C26H37NO3S/c1-25(2,3)18-5-6-19-20(10-18)31-23(22(19)24(29)30-4)27-21(28)14-26-11-15-7-16(12-26)9-17(8-15)13-26/h15-18H,5-14H2,1-4H3,(H,27,28). The second-order valence-corrected chi connectivity index (χ2v) is 13.3. The van der Waals surface area contributed by atoms with E-state index in [2.05, 4.69) is 26.1 Å². The van der Waals surface area contributed by atoms with Crippen LogP contribution in [0.4, 0.5) is 5.00 Å². The number of carbonyl (C=O) groups excluding carboxylic acids is 2. The number of hydrogen-bond acceptors (Lipinski definition) is 4. The molecule has 0 spiro atoms. The van der Waals surface area contributed by atoms with E-state index < -0.39 is 0 Å². The Balaban J connectivity index is 1.36. The molecule has 170 valence electrons. The lowest BCUT2D eigenvalue weighted by Crippen LogP contribution is -2.47. The maximum Gasteiger partial charge on any atom is 0.341 e. The van der Waals surface area contributed by atoms with Crippen LogP contribution in [0.1, 0.15) is 92.9 Å². The van der Waals surface area contributed by atoms with Gasteiger partial charge in [0.2, 0.25) is 5.91 Å². The Morgan fingerprint density at radius 1 is 1.10 bits per heavy atom. The van der Waals surface area contributed by atoms with Gasteiger partial charge in [0.15, 0.2) is 0 Å². The fourth-order valence-corrected chi connectivity index (χ4v) is 9.08. The topological polar surface area (TPSA) is 55.4 Å². The van der Waals surface area contributed by atoms with E-state index in [0.29, 0.717) is 17.9 Å². The molecular formula is C26H37NO3S. The third-order valence-electron chi connectivity index (χ3n) is 8.83. The van der Waals surface area contributed by atoms with E-state index in [9.17, 15) is 9.59 Å². The summed E-state index contributed by atoms with van der Waals surface area (Å²) in [4.78, 5) is 27.2. The minimum Gasteiger partial charge on any atom is -0.465 e. The zero-order valence-electron chi connectivity index (χ0n) is 19.5. The van der Waals surface area contributed by atoms with E-state index in [1.54, 1.807) is 11.3 Å². The highest BCUT2D eigenvalue weighted by atomic mass is 32.1. The number of fused-ring (bicyclic) bond motifs is 1. The summed E-state index contributed by atoms with van der Waals surface area (Å²) in [6, 6.07) is 0. The molecular weight excluding hydrogens is 406 g/mol. The molecule has 4 bridgehead atoms. The van der Waals surface area contributed by atoms with Crippen molar-refractivity contribution >= 4 is 28.2 Å². The minimum absolute atomic E-state index is 0.0954. The Hall–Kier alpha value is -1.36. The van der Waals surface area contributed by atoms with Crippen molar-refractivity contribution in [2.24, 2.45) is 34.5 Å². The fourth-order valence-electron chi connectivity index (χ4n) is 7.75. The monoisotopic (exact) mass is 443 g/mol. The lowest BCUT2D eigenvalue weighted by Gasteiger charge is -2.56. The molecule has 0 aliphatic heterocycles. The molecule has 5 heteroatoms. The zero-order chi connectivity index (χ0) is 22.0. The molecule has 0 saturated heterocycles. The van der Waals surface area contributed by atoms with Gasteiger partial charge in [0, 0.05) is 11.3 Å². The van der Waals surface area contributed by atoms with Crippen LogP contribution in [-0.4, -0.2) is 19.0 Å². The van der Waals surface area contributed by atoms with Crippen molar-refractivity contribution < 1.29 is 14.3 Å². The summed E-state index contributed by atoms with van der Waals surface area (Å²) in [6.45, 7) is 6.89. The summed E-state index contributed by atoms with van der Waals surface area (Å²) in [5.41, 5.74) is 2.18. The van der Waals surface area contributed by atoms with Crippen LogP contribution in [0.5, 0.6) is 0 Å². The van der Waals surface area contributed by atoms with Crippen LogP contribution < -0.4 is 5.32 Å². The summed E-state index contributed by atoms with van der Waals surface area (Å²) in [5.74, 6) is 2.91. The van der Waals surface area contributed by atoms with E-state index >= 15 is 0 Å². The third kappa shape index (κ3) is 3.96. The summed E-state index contributed by atoms with van der Waals surface area (Å²) in [5, 5.41) is 3.91. The molecule has 6 rings (SSSR count). The van der Waals surface area contributed by atoms with E-state index in [1.807, 2.05) is 0 Å². The van der Waals surface area contributed by atoms with Crippen LogP contribution >= 0.6 is 11.3 Å². The molecule has 1 unspecified atom stereocenters. The van der Waals surface area contributed by atoms with Crippen LogP contribution in [-0.2, 0) is 22.4 Å². The first-order valence-electron chi connectivity index (χ1n) is 12.2. The lowest BCUT2D eigenvalue weighted by molar-refractivity contribution is -0.124. The molecule has 5 aliphatic carbocycles. The number of amides is 1. The highest BCUT2D eigenvalue weighted by molar-refractivity contribution is 7.17. The number of carbonyl (C=O) groups is 2. The number of ether oxygens (including phenoxy) is 1. The Morgan fingerprint density at radius 2 is 1.71 bits per heavy atom. The quantitative estimate of drug-likeness (QED) is 0.561. The number of anilines is 1. The molecule has 1 N–H and O–H groups in total. The van der Waals surface area contributed by atoms with Crippen molar-refractivity contribution in [3.05, 3.63) is 16.0 Å². The average Bonchev–Trinajstić information content (AvgIpc) is 3.01. The number of esters is 1. The molecule has 4 fully saturated rings. The Bertz CT molecular complexity index is 858. The van der Waals surface area contributed by atoms with Gasteiger partial charge in [-0.25, -0.2) is 4.79 Å². The SMILES string of the molecule is COC(=O)c1c(NC(=O)CC23CC4CC(CC(C4)C2)C3)sc2c1CCC(C(C)(C)C)C2. The van der Waals surface area contributed by atoms with Gasteiger partial charge in [-0.05, 0) is 97.9 Å². The first kappa shape index (κ1) is 21.5. The van der Waals surface area contributed by atoms with Gasteiger partial charge in [-0.15, -0.1) is 11.3 Å². The predicted octanol–water partition coefficient (Wildman–Crippen LogP) is 6.23. The molecule has 1 aromatic heterocycles. The number of thiophene rings is 1. The van der Waals surface area contributed by atoms with Gasteiger partial charge in [-0.3, -0.25) is 4.79 Å². The van der Waals surface area contributed by atoms with Crippen molar-refractivity contribution in [1.82, 2.24) is 0 Å². The zero-order valence-corrected chi connectivity index (χ0v) is 20.3. The molecule has 1 aromatic rings. The summed E-state index contributed by atoms with van der Waals surface area (Å²) in [6.07, 6.45) is 11.4. The Labute approximate surface area is 190 Å². The first-order valence-corrected chi connectivity index (χ1v) is 13.0. The van der Waals surface area contributed by atoms with Gasteiger partial charge in [-0.2, -0.15) is 0 Å². The number of nitrogens with one attached hydrogen (secondary N) is 1. The number of hydrogen-bond donors (Lipinski definition) is 1. The number of rotatable bonds is 4. The molecule has 0 radical (unpaired) electrons. The molecule has 4 saturated carbocycles. The largest absolute Gasteiger partial charge is 0.465 e. The lowest BCUT2D eigenvalue weighted by atomic mass is 9.49. The summed E-state index contributed by atoms with van der Waals surface area (Å²) in [7, 11) is 1.44. The number of methoxy groups -OCH3 is 1. The van der Waals surface area contributed by atoms with E-state index in [1.165, 1.54) is 50.5 Å². The van der Waals surface area contributed by atoms with Gasteiger partial charge < -0.3 is 10.1 Å². The van der Waals surface area contributed by atoms with Crippen molar-refractivity contribution in [2.45, 2.75) is 85.0 Å². The molecule has 4 nitrogen and oxygen atoms in total. The van der Waals surface area contributed by atoms with Crippen LogP contribution in [0, 0.1) is 34.5 Å². The molecule has 1 heterocycles. The Morgan fingerprint density at radius 3 is 2.26 bits per heavy atom. The third-order valence-corrected chi connectivity index (χ3v) is 10.0. The van der Waals surface area contributed by atoms with Crippen LogP contribution in [0.3, 0.4) is 0 Å². The van der Waals surface area contributed by atoms with Gasteiger partial charge in [0.25, 0.3) is 0 Å². The molecule has 0 aromatic carbocycles. The summed E-state index contributed by atoms with van der Waals surface area (Å²) < 4.78 is 5.13. The Kier molecular flexibility index (Phi) is 5.27. The predicted molar refractivity (Wildman–Crippen MR) is 124 cm³/mol. The van der Waals surface area contributed by atoms with Crippen LogP contribution in [0.2, 0.25) is 0 Å². The normalized spacial score (nSPS) is 33.8. The summed E-state index contributed by atoms with van der Waals surface area (Å²) >= 11 is 1.61. The smallest absolute Gasteiger partial charge is 0.341 e. The van der Waals surface area contributed by atoms with E-state index in [-0.39, 0.29) is 22.7 Å². The van der Waals surface area contributed by atoms with E-state index in [4.69, 9.17) is 4.74 Å². The highest BCUT2D eigenvalue weighted by Gasteiger charge is 2.51. The average molecular weight is 444 g/mol. The van der Waals surface area contributed by atoms with Gasteiger partial charge in [0.1, 0.15) is 5.00 Å². The van der Waals surface area contributed by atoms with Crippen molar-refractivity contribution in [1.29, 1.82) is 0 Å². The van der Waals surface area contributed by atoms with Gasteiger partial charge in [0.05, 0.1) is 12.7 Å². The molecule has 1 atom stereocenters. The minimum atomic E-state index is -0.309. The molecule has 5 aliphatic rings. The maximum atomic E-state index is 13.2. The molecule has 31 heavy (non-hydrogen) atoms. The van der Waals surface area contributed by atoms with Crippen molar-refractivity contribution in [2.75, 3.05) is 12.4 Å². The van der Waals surface area contributed by atoms with Crippen molar-refractivity contribution in [3.63, 3.8) is 0 Å². The van der Waals surface area contributed by atoms with Crippen molar-refractivity contribution in [3.8, 4) is 0 Å². The highest BCUT2D eigenvalue weighted by Crippen LogP contribution is 2.61.